The smallest absolute Gasteiger partial charge is 0.224 e. The van der Waals surface area contributed by atoms with E-state index in [4.69, 9.17) is 16.3 Å². The van der Waals surface area contributed by atoms with E-state index in [0.29, 0.717) is 28.3 Å². The highest BCUT2D eigenvalue weighted by Gasteiger charge is 2.10. The van der Waals surface area contributed by atoms with Crippen LogP contribution in [0.1, 0.15) is 13.3 Å². The summed E-state index contributed by atoms with van der Waals surface area (Å²) in [6.45, 7) is 2.52. The van der Waals surface area contributed by atoms with Crippen LogP contribution in [0.2, 0.25) is 5.15 Å². The molecule has 0 aliphatic heterocycles. The summed E-state index contributed by atoms with van der Waals surface area (Å²) in [6, 6.07) is 1.72. The molecular formula is C11H14BrClN2O2. The summed E-state index contributed by atoms with van der Waals surface area (Å²) in [5.74, 6) is 0.120. The van der Waals surface area contributed by atoms with Crippen molar-refractivity contribution in [1.29, 1.82) is 0 Å². The molecule has 1 heterocycles. The number of ether oxygens (including phenoxy) is 1. The van der Waals surface area contributed by atoms with Crippen molar-refractivity contribution in [2.24, 2.45) is 5.92 Å². The van der Waals surface area contributed by atoms with E-state index >= 15 is 0 Å². The van der Waals surface area contributed by atoms with Crippen LogP contribution in [0.5, 0.6) is 0 Å². The Balaban J connectivity index is 2.53. The highest BCUT2D eigenvalue weighted by molar-refractivity contribution is 9.10. The molecule has 0 radical (unpaired) electrons. The lowest BCUT2D eigenvalue weighted by Gasteiger charge is -2.10. The van der Waals surface area contributed by atoms with Gasteiger partial charge in [0.05, 0.1) is 16.4 Å². The molecule has 0 spiro atoms. The average Bonchev–Trinajstić information content (AvgIpc) is 2.23. The maximum absolute atomic E-state index is 11.7. The molecule has 0 aliphatic carbocycles. The number of hydrogen-bond donors (Lipinski definition) is 1. The molecule has 6 heteroatoms. The standard InChI is InChI=1S/C11H14BrClN2O2/c1-7(6-17-2)3-10(16)15-8-4-9(12)11(13)14-5-8/h4-5,7H,3,6H2,1-2H3,(H,15,16). The van der Waals surface area contributed by atoms with E-state index < -0.39 is 0 Å². The molecule has 0 aromatic carbocycles. The Morgan fingerprint density at radius 3 is 3.00 bits per heavy atom. The van der Waals surface area contributed by atoms with Crippen molar-refractivity contribution in [3.8, 4) is 0 Å². The Morgan fingerprint density at radius 2 is 2.41 bits per heavy atom. The van der Waals surface area contributed by atoms with E-state index in [1.54, 1.807) is 13.2 Å². The quantitative estimate of drug-likeness (QED) is 0.848. The van der Waals surface area contributed by atoms with Crippen molar-refractivity contribution >= 4 is 39.1 Å². The lowest BCUT2D eigenvalue weighted by atomic mass is 10.1. The van der Waals surface area contributed by atoms with Crippen molar-refractivity contribution in [2.75, 3.05) is 19.0 Å². The minimum atomic E-state index is -0.0643. The van der Waals surface area contributed by atoms with E-state index in [1.165, 1.54) is 6.20 Å². The number of nitrogens with one attached hydrogen (secondary N) is 1. The zero-order chi connectivity index (χ0) is 12.8. The van der Waals surface area contributed by atoms with Crippen molar-refractivity contribution in [1.82, 2.24) is 4.98 Å². The molecule has 1 aromatic heterocycles. The van der Waals surface area contributed by atoms with Gasteiger partial charge >= 0.3 is 0 Å². The molecule has 1 rings (SSSR count). The fourth-order valence-electron chi connectivity index (χ4n) is 1.36. The van der Waals surface area contributed by atoms with Gasteiger partial charge in [-0.3, -0.25) is 4.79 Å². The summed E-state index contributed by atoms with van der Waals surface area (Å²) in [4.78, 5) is 15.6. The first-order chi connectivity index (χ1) is 8.02. The highest BCUT2D eigenvalue weighted by Crippen LogP contribution is 2.23. The third-order valence-electron chi connectivity index (χ3n) is 2.07. The van der Waals surface area contributed by atoms with Crippen molar-refractivity contribution in [3.63, 3.8) is 0 Å². The number of amides is 1. The predicted octanol–water partition coefficient (Wildman–Crippen LogP) is 3.11. The summed E-state index contributed by atoms with van der Waals surface area (Å²) in [6.07, 6.45) is 1.93. The van der Waals surface area contributed by atoms with Crippen LogP contribution < -0.4 is 5.32 Å². The zero-order valence-corrected chi connectivity index (χ0v) is 12.0. The van der Waals surface area contributed by atoms with Crippen molar-refractivity contribution in [2.45, 2.75) is 13.3 Å². The van der Waals surface area contributed by atoms with Crippen LogP contribution in [-0.2, 0) is 9.53 Å². The van der Waals surface area contributed by atoms with Gasteiger partial charge in [-0.15, -0.1) is 0 Å². The molecule has 0 saturated heterocycles. The van der Waals surface area contributed by atoms with Crippen LogP contribution in [0.25, 0.3) is 0 Å². The minimum Gasteiger partial charge on any atom is -0.384 e. The third kappa shape index (κ3) is 5.02. The Labute approximate surface area is 114 Å². The van der Waals surface area contributed by atoms with E-state index in [-0.39, 0.29) is 11.8 Å². The summed E-state index contributed by atoms with van der Waals surface area (Å²) in [7, 11) is 1.62. The fourth-order valence-corrected chi connectivity index (χ4v) is 1.81. The molecule has 17 heavy (non-hydrogen) atoms. The highest BCUT2D eigenvalue weighted by atomic mass is 79.9. The molecule has 1 unspecified atom stereocenters. The lowest BCUT2D eigenvalue weighted by molar-refractivity contribution is -0.117. The fraction of sp³-hybridized carbons (Fsp3) is 0.455. The lowest BCUT2D eigenvalue weighted by Crippen LogP contribution is -2.17. The molecular weight excluding hydrogens is 307 g/mol. The number of methoxy groups -OCH3 is 1. The number of pyridine rings is 1. The van der Waals surface area contributed by atoms with Gasteiger partial charge in [0.1, 0.15) is 5.15 Å². The van der Waals surface area contributed by atoms with Gasteiger partial charge < -0.3 is 10.1 Å². The molecule has 1 aromatic rings. The predicted molar refractivity (Wildman–Crippen MR) is 71.2 cm³/mol. The summed E-state index contributed by atoms with van der Waals surface area (Å²) in [5.41, 5.74) is 0.621. The SMILES string of the molecule is COCC(C)CC(=O)Nc1cnc(Cl)c(Br)c1. The molecule has 0 bridgehead atoms. The van der Waals surface area contributed by atoms with Crippen molar-refractivity contribution < 1.29 is 9.53 Å². The molecule has 1 N–H and O–H groups in total. The van der Waals surface area contributed by atoms with Crippen LogP contribution in [0.15, 0.2) is 16.7 Å². The van der Waals surface area contributed by atoms with Crippen LogP contribution in [0.4, 0.5) is 5.69 Å². The molecule has 0 fully saturated rings. The molecule has 0 aliphatic rings. The maximum atomic E-state index is 11.7. The molecule has 0 saturated carbocycles. The summed E-state index contributed by atoms with van der Waals surface area (Å²) >= 11 is 9.00. The van der Waals surface area contributed by atoms with Gasteiger partial charge in [-0.25, -0.2) is 4.98 Å². The van der Waals surface area contributed by atoms with Gasteiger partial charge in [0.2, 0.25) is 5.91 Å². The number of carbonyl (C=O) groups excluding carboxylic acids is 1. The third-order valence-corrected chi connectivity index (χ3v) is 3.20. The average molecular weight is 322 g/mol. The van der Waals surface area contributed by atoms with Gasteiger partial charge in [-0.1, -0.05) is 18.5 Å². The Kier molecular flexibility index (Phi) is 5.88. The molecule has 1 amide bonds. The van der Waals surface area contributed by atoms with Crippen LogP contribution >= 0.6 is 27.5 Å². The normalized spacial score (nSPS) is 12.2. The second-order valence-corrected chi connectivity index (χ2v) is 5.02. The van der Waals surface area contributed by atoms with Gasteiger partial charge in [0, 0.05) is 20.1 Å². The monoisotopic (exact) mass is 320 g/mol. The second-order valence-electron chi connectivity index (χ2n) is 3.81. The first kappa shape index (κ1) is 14.4. The van der Waals surface area contributed by atoms with E-state index in [1.807, 2.05) is 6.92 Å². The number of hydrogen-bond acceptors (Lipinski definition) is 3. The van der Waals surface area contributed by atoms with Crippen molar-refractivity contribution in [3.05, 3.63) is 21.9 Å². The largest absolute Gasteiger partial charge is 0.384 e. The number of carbonyl (C=O) groups is 1. The maximum Gasteiger partial charge on any atom is 0.224 e. The van der Waals surface area contributed by atoms with E-state index in [9.17, 15) is 4.79 Å². The Bertz CT molecular complexity index is 401. The molecule has 1 atom stereocenters. The van der Waals surface area contributed by atoms with Crippen LogP contribution in [0.3, 0.4) is 0 Å². The number of anilines is 1. The number of rotatable bonds is 5. The summed E-state index contributed by atoms with van der Waals surface area (Å²) in [5, 5.41) is 3.12. The second kappa shape index (κ2) is 6.93. The Hall–Kier alpha value is -0.650. The topological polar surface area (TPSA) is 51.2 Å². The van der Waals surface area contributed by atoms with E-state index in [2.05, 4.69) is 26.2 Å². The van der Waals surface area contributed by atoms with Gasteiger partial charge in [0.15, 0.2) is 0 Å². The van der Waals surface area contributed by atoms with Crippen LogP contribution in [-0.4, -0.2) is 24.6 Å². The van der Waals surface area contributed by atoms with Gasteiger partial charge in [0.25, 0.3) is 0 Å². The summed E-state index contributed by atoms with van der Waals surface area (Å²) < 4.78 is 5.63. The first-order valence-corrected chi connectivity index (χ1v) is 6.30. The Morgan fingerprint density at radius 1 is 1.71 bits per heavy atom. The number of aromatic nitrogens is 1. The minimum absolute atomic E-state index is 0.0643. The van der Waals surface area contributed by atoms with Crippen LogP contribution in [0, 0.1) is 5.92 Å². The van der Waals surface area contributed by atoms with Gasteiger partial charge in [-0.2, -0.15) is 0 Å². The molecule has 94 valence electrons. The van der Waals surface area contributed by atoms with Gasteiger partial charge in [-0.05, 0) is 27.9 Å². The number of halogens is 2. The molecule has 4 nitrogen and oxygen atoms in total. The zero-order valence-electron chi connectivity index (χ0n) is 9.67. The van der Waals surface area contributed by atoms with E-state index in [0.717, 1.165) is 0 Å². The number of nitrogens with zero attached hydrogens (tertiary/aromatic N) is 1. The first-order valence-electron chi connectivity index (χ1n) is 5.12.